The van der Waals surface area contributed by atoms with E-state index in [0.29, 0.717) is 11.1 Å². The molecule has 36 heavy (non-hydrogen) atoms. The maximum atomic E-state index is 12.2. The second-order valence-corrected chi connectivity index (χ2v) is 10.1. The molecule has 1 aliphatic carbocycles. The second kappa shape index (κ2) is 13.8. The van der Waals surface area contributed by atoms with Crippen LogP contribution in [-0.2, 0) is 22.2 Å². The van der Waals surface area contributed by atoms with Gasteiger partial charge >= 0.3 is 29.6 Å². The van der Waals surface area contributed by atoms with Crippen LogP contribution in [0.3, 0.4) is 0 Å². The van der Waals surface area contributed by atoms with Gasteiger partial charge in [-0.1, -0.05) is 12.1 Å². The summed E-state index contributed by atoms with van der Waals surface area (Å²) in [6.45, 7) is 11.8. The predicted molar refractivity (Wildman–Crippen MR) is 143 cm³/mol. The fourth-order valence-corrected chi connectivity index (χ4v) is 5.43. The number of rotatable bonds is 9. The molecular weight excluding hydrogens is 503 g/mol. The molecule has 1 aliphatic rings. The smallest absolute Gasteiger partial charge is 0.744 e. The summed E-state index contributed by atoms with van der Waals surface area (Å²) >= 11 is -0.349. The average molecular weight is 536 g/mol. The second-order valence-electron chi connectivity index (χ2n) is 8.04. The van der Waals surface area contributed by atoms with Gasteiger partial charge in [-0.25, -0.2) is 13.0 Å². The minimum absolute atomic E-state index is 0. The Morgan fingerprint density at radius 3 is 1.97 bits per heavy atom. The molecule has 0 aromatic heterocycles. The van der Waals surface area contributed by atoms with E-state index in [1.807, 2.05) is 48.6 Å². The fourth-order valence-electron chi connectivity index (χ4n) is 4.31. The van der Waals surface area contributed by atoms with Gasteiger partial charge in [0.25, 0.3) is 0 Å². The summed E-state index contributed by atoms with van der Waals surface area (Å²) in [5.74, 6) is 0. The Balaban J connectivity index is 0.00000456. The van der Waals surface area contributed by atoms with E-state index in [2.05, 4.69) is 37.2 Å². The third-order valence-corrected chi connectivity index (χ3v) is 7.54. The molecule has 9 heteroatoms. The summed E-state index contributed by atoms with van der Waals surface area (Å²) in [6.07, 6.45) is 7.90. The molecule has 0 bridgehead atoms. The van der Waals surface area contributed by atoms with Crippen molar-refractivity contribution >= 4 is 39.1 Å². The first-order chi connectivity index (χ1) is 16.8. The predicted octanol–water partition coefficient (Wildman–Crippen LogP) is 1.17. The van der Waals surface area contributed by atoms with Gasteiger partial charge in [-0.05, 0) is 92.9 Å². The zero-order chi connectivity index (χ0) is 25.6. The first-order valence-corrected chi connectivity index (χ1v) is 14.0. The maximum Gasteiger partial charge on any atom is 1.00 e. The fraction of sp³-hybridized carbons (Fsp3) is 0.296. The zero-order valence-corrected chi connectivity index (χ0v) is 25.3. The van der Waals surface area contributed by atoms with Crippen molar-refractivity contribution in [3.63, 3.8) is 0 Å². The van der Waals surface area contributed by atoms with E-state index in [4.69, 9.17) is 0 Å². The molecule has 186 valence electrons. The Morgan fingerprint density at radius 1 is 0.917 bits per heavy atom. The normalized spacial score (nSPS) is 12.9. The van der Waals surface area contributed by atoms with Gasteiger partial charge in [0.15, 0.2) is 10.6 Å². The van der Waals surface area contributed by atoms with Gasteiger partial charge in [0.05, 0.1) is 4.90 Å². The zero-order valence-electron chi connectivity index (χ0n) is 21.6. The molecule has 0 spiro atoms. The third kappa shape index (κ3) is 7.01. The van der Waals surface area contributed by atoms with Gasteiger partial charge in [0, 0.05) is 42.6 Å². The molecule has 6 nitrogen and oxygen atoms in total. The molecule has 0 atom stereocenters. The van der Waals surface area contributed by atoms with Gasteiger partial charge < -0.3 is 14.0 Å². The molecule has 0 fully saturated rings. The first-order valence-electron chi connectivity index (χ1n) is 11.8. The van der Waals surface area contributed by atoms with Gasteiger partial charge in [-0.3, -0.25) is 0 Å². The van der Waals surface area contributed by atoms with E-state index in [0.717, 1.165) is 48.7 Å². The van der Waals surface area contributed by atoms with Crippen LogP contribution in [0.15, 0.2) is 82.1 Å². The van der Waals surface area contributed by atoms with Crippen LogP contribution in [0.5, 0.6) is 0 Å². The third-order valence-electron chi connectivity index (χ3n) is 6.18. The Labute approximate surface area is 241 Å². The minimum atomic E-state index is -4.82. The standard InChI is InChI=1S/C27H32N2O4S2.Na/c1-5-28(6-2)22-13-9-20(10-14-22)27(21-11-15-23(16-12-21)29(7-3)8-4)25-18-17-24(34-30)19-26(25)35(31,32)33;/h9-19,34H,5-8H2,1-4H3;/q;+1. The molecule has 2 aromatic carbocycles. The molecule has 0 amide bonds. The van der Waals surface area contributed by atoms with E-state index in [1.54, 1.807) is 12.1 Å². The summed E-state index contributed by atoms with van der Waals surface area (Å²) < 4.78 is 50.4. The summed E-state index contributed by atoms with van der Waals surface area (Å²) in [4.78, 5) is 2.07. The molecule has 0 heterocycles. The van der Waals surface area contributed by atoms with Crippen LogP contribution in [0.2, 0.25) is 0 Å². The van der Waals surface area contributed by atoms with Crippen LogP contribution in [0.4, 0.5) is 5.69 Å². The number of hydrogen-bond donors (Lipinski definition) is 0. The molecule has 0 aliphatic heterocycles. The van der Waals surface area contributed by atoms with Gasteiger partial charge in [0.2, 0.25) is 0 Å². The Hall–Kier alpha value is -1.65. The van der Waals surface area contributed by atoms with Gasteiger partial charge in [0.1, 0.15) is 23.2 Å². The van der Waals surface area contributed by atoms with Crippen molar-refractivity contribution in [2.24, 2.45) is 0 Å². The van der Waals surface area contributed by atoms with Crippen molar-refractivity contribution in [3.8, 4) is 0 Å². The quantitative estimate of drug-likeness (QED) is 0.158. The maximum absolute atomic E-state index is 12.2. The Kier molecular flexibility index (Phi) is 11.7. The monoisotopic (exact) mass is 535 g/mol. The SMILES string of the molecule is CCN(CC)c1ccc(C(=C2C=CC(=[N+](CC)CC)C=C2)c2ccc([SH+][O-])cc2S(=O)(=O)[O-])cc1.[Na+]. The summed E-state index contributed by atoms with van der Waals surface area (Å²) in [5, 5.41) is 0. The van der Waals surface area contributed by atoms with Crippen LogP contribution in [-0.4, -0.2) is 54.0 Å². The van der Waals surface area contributed by atoms with Crippen LogP contribution in [0.25, 0.3) is 5.57 Å². The minimum Gasteiger partial charge on any atom is -0.744 e. The van der Waals surface area contributed by atoms with Crippen molar-refractivity contribution in [1.29, 1.82) is 0 Å². The van der Waals surface area contributed by atoms with Crippen molar-refractivity contribution in [1.82, 2.24) is 0 Å². The Morgan fingerprint density at radius 2 is 1.50 bits per heavy atom. The summed E-state index contributed by atoms with van der Waals surface area (Å²) in [7, 11) is -4.82. The number of hydrogen-bond acceptors (Lipinski definition) is 5. The molecule has 0 N–H and O–H groups in total. The van der Waals surface area contributed by atoms with Gasteiger partial charge in [-0.15, -0.1) is 0 Å². The summed E-state index contributed by atoms with van der Waals surface area (Å²) in [5.41, 5.74) is 4.62. The van der Waals surface area contributed by atoms with E-state index < -0.39 is 10.1 Å². The van der Waals surface area contributed by atoms with Crippen LogP contribution in [0, 0.1) is 0 Å². The van der Waals surface area contributed by atoms with Crippen molar-refractivity contribution in [2.75, 3.05) is 31.1 Å². The van der Waals surface area contributed by atoms with Crippen LogP contribution >= 0.6 is 0 Å². The molecule has 2 aromatic rings. The number of thiol groups is 1. The molecule has 0 unspecified atom stereocenters. The van der Waals surface area contributed by atoms with Crippen LogP contribution < -0.4 is 34.5 Å². The van der Waals surface area contributed by atoms with Crippen LogP contribution in [0.1, 0.15) is 38.8 Å². The molecule has 3 rings (SSSR count). The largest absolute Gasteiger partial charge is 1.00 e. The van der Waals surface area contributed by atoms with E-state index in [9.17, 15) is 17.5 Å². The molecule has 0 radical (unpaired) electrons. The number of anilines is 1. The van der Waals surface area contributed by atoms with E-state index in [1.165, 1.54) is 6.07 Å². The van der Waals surface area contributed by atoms with Gasteiger partial charge in [-0.2, -0.15) is 0 Å². The van der Waals surface area contributed by atoms with Crippen molar-refractivity contribution < 1.29 is 51.7 Å². The average Bonchev–Trinajstić information content (AvgIpc) is 2.87. The summed E-state index contributed by atoms with van der Waals surface area (Å²) in [6, 6.07) is 12.2. The molecule has 0 saturated carbocycles. The van der Waals surface area contributed by atoms with Crippen molar-refractivity contribution in [2.45, 2.75) is 37.5 Å². The van der Waals surface area contributed by atoms with Crippen molar-refractivity contribution in [3.05, 3.63) is 83.5 Å². The first kappa shape index (κ1) is 30.6. The molecular formula is C27H32N2NaO4S2+. The van der Waals surface area contributed by atoms with E-state index >= 15 is 0 Å². The Bertz CT molecular complexity index is 1270. The van der Waals surface area contributed by atoms with E-state index in [-0.39, 0.29) is 51.4 Å². The number of nitrogens with zero attached hydrogens (tertiary/aromatic N) is 2. The molecule has 0 saturated heterocycles. The number of allylic oxidation sites excluding steroid dienone is 5. The number of benzene rings is 2. The topological polar surface area (TPSA) is 86.5 Å².